The number of nitriles is 1. The van der Waals surface area contributed by atoms with Gasteiger partial charge in [0.1, 0.15) is 23.4 Å². The van der Waals surface area contributed by atoms with Crippen molar-refractivity contribution in [1.82, 2.24) is 4.98 Å². The predicted molar refractivity (Wildman–Crippen MR) is 86.7 cm³/mol. The number of anilines is 1. The summed E-state index contributed by atoms with van der Waals surface area (Å²) in [6.07, 6.45) is 0. The van der Waals surface area contributed by atoms with E-state index in [1.165, 1.54) is 6.07 Å². The van der Waals surface area contributed by atoms with Crippen LogP contribution < -0.4 is 5.32 Å². The van der Waals surface area contributed by atoms with E-state index in [1.54, 1.807) is 30.3 Å². The Morgan fingerprint density at radius 1 is 1.21 bits per heavy atom. The highest BCUT2D eigenvalue weighted by atomic mass is 19.1. The number of hydrogen-bond acceptors (Lipinski definition) is 5. The number of nitrogens with one attached hydrogen (secondary N) is 1. The van der Waals surface area contributed by atoms with Crippen LogP contribution in [-0.2, 0) is 6.54 Å². The largest absolute Gasteiger partial charge is 0.459 e. The van der Waals surface area contributed by atoms with Crippen LogP contribution in [-0.4, -0.2) is 4.98 Å². The van der Waals surface area contributed by atoms with Gasteiger partial charge in [-0.25, -0.2) is 9.37 Å². The second-order valence-electron chi connectivity index (χ2n) is 5.60. The summed E-state index contributed by atoms with van der Waals surface area (Å²) in [5.41, 5.74) is 0.614. The summed E-state index contributed by atoms with van der Waals surface area (Å²) in [7, 11) is 0. The zero-order valence-electron chi connectivity index (χ0n) is 13.3. The van der Waals surface area contributed by atoms with Crippen LogP contribution in [0.25, 0.3) is 11.3 Å². The van der Waals surface area contributed by atoms with Crippen LogP contribution in [0.5, 0.6) is 0 Å². The molecule has 0 aliphatic heterocycles. The van der Waals surface area contributed by atoms with Gasteiger partial charge in [0.15, 0.2) is 0 Å². The molecule has 1 aromatic carbocycles. The van der Waals surface area contributed by atoms with E-state index < -0.39 is 0 Å². The molecule has 3 rings (SSSR count). The topological polar surface area (TPSA) is 75.0 Å². The van der Waals surface area contributed by atoms with Gasteiger partial charge < -0.3 is 14.2 Å². The quantitative estimate of drug-likeness (QED) is 0.737. The van der Waals surface area contributed by atoms with Gasteiger partial charge in [-0.3, -0.25) is 0 Å². The fourth-order valence-electron chi connectivity index (χ4n) is 2.23. The molecule has 0 bridgehead atoms. The maximum Gasteiger partial charge on any atom is 0.232 e. The fraction of sp³-hybridized carbons (Fsp3) is 0.222. The Labute approximate surface area is 138 Å². The summed E-state index contributed by atoms with van der Waals surface area (Å²) in [5.74, 6) is 1.61. The lowest BCUT2D eigenvalue weighted by Crippen LogP contribution is -1.98. The van der Waals surface area contributed by atoms with Gasteiger partial charge in [-0.2, -0.15) is 5.26 Å². The number of oxazole rings is 1. The van der Waals surface area contributed by atoms with E-state index in [9.17, 15) is 4.39 Å². The average molecular weight is 325 g/mol. The fourth-order valence-corrected chi connectivity index (χ4v) is 2.23. The second-order valence-corrected chi connectivity index (χ2v) is 5.60. The summed E-state index contributed by atoms with van der Waals surface area (Å²) < 4.78 is 25.0. The predicted octanol–water partition coefficient (Wildman–Crippen LogP) is 4.68. The third-order valence-electron chi connectivity index (χ3n) is 3.47. The first-order valence-electron chi connectivity index (χ1n) is 7.56. The molecule has 1 N–H and O–H groups in total. The summed E-state index contributed by atoms with van der Waals surface area (Å²) in [4.78, 5) is 4.13. The van der Waals surface area contributed by atoms with Gasteiger partial charge in [0.25, 0.3) is 0 Å². The molecule has 6 heteroatoms. The molecule has 0 saturated carbocycles. The molecule has 0 aliphatic rings. The van der Waals surface area contributed by atoms with Gasteiger partial charge in [-0.05, 0) is 24.3 Å². The molecular formula is C18H16FN3O2. The molecule has 122 valence electrons. The molecule has 0 atom stereocenters. The number of rotatable bonds is 5. The maximum absolute atomic E-state index is 13.8. The van der Waals surface area contributed by atoms with Crippen molar-refractivity contribution in [3.8, 4) is 17.4 Å². The lowest BCUT2D eigenvalue weighted by Gasteiger charge is -2.01. The molecule has 0 amide bonds. The first-order chi connectivity index (χ1) is 11.6. The van der Waals surface area contributed by atoms with Crippen LogP contribution >= 0.6 is 0 Å². The molecule has 0 saturated heterocycles. The molecule has 2 heterocycles. The van der Waals surface area contributed by atoms with E-state index in [0.29, 0.717) is 35.4 Å². The Kier molecular flexibility index (Phi) is 4.34. The molecule has 5 nitrogen and oxygen atoms in total. The minimum atomic E-state index is -0.338. The number of furan rings is 1. The maximum atomic E-state index is 13.8. The van der Waals surface area contributed by atoms with Gasteiger partial charge in [0.2, 0.25) is 17.5 Å². The lowest BCUT2D eigenvalue weighted by molar-refractivity contribution is 0.475. The molecule has 0 spiro atoms. The Hall–Kier alpha value is -3.07. The second kappa shape index (κ2) is 6.59. The van der Waals surface area contributed by atoms with Gasteiger partial charge in [-0.15, -0.1) is 0 Å². The van der Waals surface area contributed by atoms with E-state index in [2.05, 4.69) is 10.3 Å². The van der Waals surface area contributed by atoms with Crippen LogP contribution in [0, 0.1) is 17.1 Å². The number of nitrogens with zero attached hydrogens (tertiary/aromatic N) is 2. The highest BCUT2D eigenvalue weighted by Gasteiger charge is 2.16. The van der Waals surface area contributed by atoms with Crippen molar-refractivity contribution in [3.63, 3.8) is 0 Å². The third kappa shape index (κ3) is 3.15. The molecule has 0 aliphatic carbocycles. The van der Waals surface area contributed by atoms with Crippen LogP contribution in [0.15, 0.2) is 45.2 Å². The molecule has 24 heavy (non-hydrogen) atoms. The van der Waals surface area contributed by atoms with Gasteiger partial charge in [0.05, 0.1) is 12.1 Å². The summed E-state index contributed by atoms with van der Waals surface area (Å²) in [6, 6.07) is 11.9. The number of aromatic nitrogens is 1. The smallest absolute Gasteiger partial charge is 0.232 e. The first kappa shape index (κ1) is 15.8. The third-order valence-corrected chi connectivity index (χ3v) is 3.47. The van der Waals surface area contributed by atoms with Crippen molar-refractivity contribution in [2.75, 3.05) is 5.32 Å². The highest BCUT2D eigenvalue weighted by molar-refractivity contribution is 5.58. The van der Waals surface area contributed by atoms with E-state index >= 15 is 0 Å². The summed E-state index contributed by atoms with van der Waals surface area (Å²) in [6.45, 7) is 4.17. The molecule has 3 aromatic rings. The summed E-state index contributed by atoms with van der Waals surface area (Å²) in [5, 5.41) is 12.1. The monoisotopic (exact) mass is 325 g/mol. The number of halogens is 1. The number of benzene rings is 1. The van der Waals surface area contributed by atoms with Gasteiger partial charge >= 0.3 is 0 Å². The van der Waals surface area contributed by atoms with Crippen molar-refractivity contribution in [1.29, 1.82) is 5.26 Å². The normalized spacial score (nSPS) is 10.8. The van der Waals surface area contributed by atoms with E-state index in [1.807, 2.05) is 19.9 Å². The molecule has 0 radical (unpaired) electrons. The van der Waals surface area contributed by atoms with Crippen molar-refractivity contribution in [2.45, 2.75) is 26.3 Å². The Morgan fingerprint density at radius 2 is 2.00 bits per heavy atom. The lowest BCUT2D eigenvalue weighted by atomic mass is 10.1. The van der Waals surface area contributed by atoms with E-state index in [-0.39, 0.29) is 17.4 Å². The van der Waals surface area contributed by atoms with Crippen molar-refractivity contribution in [3.05, 3.63) is 59.6 Å². The zero-order chi connectivity index (χ0) is 17.1. The molecular weight excluding hydrogens is 309 g/mol. The molecule has 2 aromatic heterocycles. The zero-order valence-corrected chi connectivity index (χ0v) is 13.3. The number of hydrogen-bond donors (Lipinski definition) is 1. The van der Waals surface area contributed by atoms with Crippen molar-refractivity contribution >= 4 is 5.88 Å². The highest BCUT2D eigenvalue weighted by Crippen LogP contribution is 2.26. The van der Waals surface area contributed by atoms with Crippen LogP contribution in [0.3, 0.4) is 0 Å². The Bertz CT molecular complexity index is 890. The van der Waals surface area contributed by atoms with Crippen LogP contribution in [0.2, 0.25) is 0 Å². The van der Waals surface area contributed by atoms with Gasteiger partial charge in [-0.1, -0.05) is 26.0 Å². The van der Waals surface area contributed by atoms with Gasteiger partial charge in [0, 0.05) is 5.92 Å². The minimum Gasteiger partial charge on any atom is -0.459 e. The van der Waals surface area contributed by atoms with E-state index in [0.717, 1.165) is 0 Å². The Balaban J connectivity index is 1.75. The van der Waals surface area contributed by atoms with E-state index in [4.69, 9.17) is 14.1 Å². The molecule has 0 fully saturated rings. The van der Waals surface area contributed by atoms with Crippen LogP contribution in [0.1, 0.15) is 37.1 Å². The average Bonchev–Trinajstić information content (AvgIpc) is 3.20. The Morgan fingerprint density at radius 3 is 2.71 bits per heavy atom. The molecule has 0 unspecified atom stereocenters. The SMILES string of the molecule is CC(C)c1nc(C#N)c(NCc2ccc(-c3ccccc3F)o2)o1. The van der Waals surface area contributed by atoms with Crippen molar-refractivity contribution in [2.24, 2.45) is 0 Å². The summed E-state index contributed by atoms with van der Waals surface area (Å²) >= 11 is 0. The first-order valence-corrected chi connectivity index (χ1v) is 7.56. The minimum absolute atomic E-state index is 0.0870. The van der Waals surface area contributed by atoms with Crippen molar-refractivity contribution < 1.29 is 13.2 Å². The van der Waals surface area contributed by atoms with Crippen LogP contribution in [0.4, 0.5) is 10.3 Å². The standard InChI is InChI=1S/C18H16FN3O2/c1-11(2)17-22-15(9-20)18(24-17)21-10-12-7-8-16(23-12)13-5-3-4-6-14(13)19/h3-8,11,21H,10H2,1-2H3.